The maximum atomic E-state index is 12.5. The molecule has 3 aromatic rings. The molecule has 2 aromatic carbocycles. The van der Waals surface area contributed by atoms with Crippen LogP contribution in [0.4, 0.5) is 0 Å². The van der Waals surface area contributed by atoms with E-state index in [1.807, 2.05) is 12.1 Å². The number of amides is 1. The number of nitrogens with zero attached hydrogens (tertiary/aromatic N) is 3. The van der Waals surface area contributed by atoms with E-state index in [4.69, 9.17) is 14.2 Å². The lowest BCUT2D eigenvalue weighted by Crippen LogP contribution is -2.36. The van der Waals surface area contributed by atoms with Gasteiger partial charge in [-0.1, -0.05) is 35.5 Å². The van der Waals surface area contributed by atoms with Crippen molar-refractivity contribution >= 4 is 11.9 Å². The average molecular weight is 410 g/mol. The molecule has 0 aliphatic heterocycles. The van der Waals surface area contributed by atoms with E-state index in [1.54, 1.807) is 56.8 Å². The van der Waals surface area contributed by atoms with Crippen LogP contribution in [0.5, 0.6) is 11.5 Å². The molecule has 0 unspecified atom stereocenters. The lowest BCUT2D eigenvalue weighted by molar-refractivity contribution is -0.145. The number of hydrogen-bond acceptors (Lipinski definition) is 7. The first-order valence-electron chi connectivity index (χ1n) is 9.10. The fraction of sp³-hybridized carbons (Fsp3) is 0.238. The molecule has 9 nitrogen and oxygen atoms in total. The Hall–Kier alpha value is -3.88. The second-order valence-electron chi connectivity index (χ2n) is 6.31. The number of nitrogens with one attached hydrogen (secondary N) is 1. The van der Waals surface area contributed by atoms with Crippen LogP contribution in [0.1, 0.15) is 11.6 Å². The molecule has 0 saturated carbocycles. The third-order valence-corrected chi connectivity index (χ3v) is 4.40. The zero-order chi connectivity index (χ0) is 21.5. The Morgan fingerprint density at radius 3 is 2.43 bits per heavy atom. The van der Waals surface area contributed by atoms with Gasteiger partial charge in [0, 0.05) is 5.56 Å². The molecular weight excluding hydrogens is 388 g/mol. The second-order valence-corrected chi connectivity index (χ2v) is 6.31. The van der Waals surface area contributed by atoms with E-state index >= 15 is 0 Å². The van der Waals surface area contributed by atoms with E-state index < -0.39 is 17.9 Å². The van der Waals surface area contributed by atoms with E-state index in [1.165, 1.54) is 11.8 Å². The van der Waals surface area contributed by atoms with Gasteiger partial charge in [-0.15, -0.1) is 5.10 Å². The van der Waals surface area contributed by atoms with Crippen molar-refractivity contribution < 1.29 is 23.8 Å². The normalized spacial score (nSPS) is 11.4. The molecule has 0 aliphatic rings. The summed E-state index contributed by atoms with van der Waals surface area (Å²) in [6.45, 7) is -0.110. The summed E-state index contributed by atoms with van der Waals surface area (Å²) in [7, 11) is 4.38. The Balaban J connectivity index is 1.72. The highest BCUT2D eigenvalue weighted by Gasteiger charge is 2.23. The number of aromatic nitrogens is 3. The van der Waals surface area contributed by atoms with Gasteiger partial charge in [0.1, 0.15) is 12.2 Å². The standard InChI is InChI=1S/C21H22N4O5/c1-28-17-10-9-15(11-18(17)29-2)16-12-25(24-23-16)13-19(26)22-20(21(27)30-3)14-7-5-4-6-8-14/h4-12,20H,13H2,1-3H3,(H,22,26)/t20-/m0/s1. The number of methoxy groups -OCH3 is 3. The average Bonchev–Trinajstić information content (AvgIpc) is 3.25. The summed E-state index contributed by atoms with van der Waals surface area (Å²) in [6.07, 6.45) is 1.64. The number of rotatable bonds is 8. The Morgan fingerprint density at radius 1 is 1.03 bits per heavy atom. The van der Waals surface area contributed by atoms with Crippen LogP contribution in [-0.4, -0.2) is 48.2 Å². The largest absolute Gasteiger partial charge is 0.493 e. The zero-order valence-corrected chi connectivity index (χ0v) is 16.9. The number of carbonyl (C=O) groups excluding carboxylic acids is 2. The van der Waals surface area contributed by atoms with Crippen molar-refractivity contribution in [1.29, 1.82) is 0 Å². The van der Waals surface area contributed by atoms with Gasteiger partial charge < -0.3 is 19.5 Å². The fourth-order valence-electron chi connectivity index (χ4n) is 2.90. The first-order chi connectivity index (χ1) is 14.5. The molecule has 9 heteroatoms. The number of esters is 1. The van der Waals surface area contributed by atoms with Crippen molar-refractivity contribution in [1.82, 2.24) is 20.3 Å². The molecule has 1 N–H and O–H groups in total. The molecule has 0 spiro atoms. The molecule has 0 bridgehead atoms. The Kier molecular flexibility index (Phi) is 6.63. The lowest BCUT2D eigenvalue weighted by atomic mass is 10.1. The highest BCUT2D eigenvalue weighted by Crippen LogP contribution is 2.31. The molecule has 3 rings (SSSR count). The summed E-state index contributed by atoms with van der Waals surface area (Å²) in [5, 5.41) is 10.8. The molecule has 156 valence electrons. The Morgan fingerprint density at radius 2 is 1.77 bits per heavy atom. The van der Waals surface area contributed by atoms with E-state index in [-0.39, 0.29) is 6.54 Å². The Bertz CT molecular complexity index is 1020. The molecular formula is C21H22N4O5. The summed E-state index contributed by atoms with van der Waals surface area (Å²) in [5.41, 5.74) is 1.95. The van der Waals surface area contributed by atoms with E-state index in [9.17, 15) is 9.59 Å². The van der Waals surface area contributed by atoms with Gasteiger partial charge in [0.2, 0.25) is 5.91 Å². The third kappa shape index (κ3) is 4.75. The van der Waals surface area contributed by atoms with Gasteiger partial charge in [-0.3, -0.25) is 4.79 Å². The van der Waals surface area contributed by atoms with Crippen LogP contribution >= 0.6 is 0 Å². The molecule has 0 aliphatic carbocycles. The van der Waals surface area contributed by atoms with Gasteiger partial charge >= 0.3 is 5.97 Å². The third-order valence-electron chi connectivity index (χ3n) is 4.40. The minimum Gasteiger partial charge on any atom is -0.493 e. The van der Waals surface area contributed by atoms with Crippen molar-refractivity contribution in [2.24, 2.45) is 0 Å². The zero-order valence-electron chi connectivity index (χ0n) is 16.9. The van der Waals surface area contributed by atoms with E-state index in [2.05, 4.69) is 15.6 Å². The Labute approximate surface area is 173 Å². The van der Waals surface area contributed by atoms with Gasteiger partial charge in [-0.2, -0.15) is 0 Å². The molecule has 1 amide bonds. The molecule has 0 saturated heterocycles. The monoisotopic (exact) mass is 410 g/mol. The summed E-state index contributed by atoms with van der Waals surface area (Å²) in [4.78, 5) is 24.6. The predicted molar refractivity (Wildman–Crippen MR) is 108 cm³/mol. The van der Waals surface area contributed by atoms with E-state index in [0.29, 0.717) is 22.8 Å². The summed E-state index contributed by atoms with van der Waals surface area (Å²) in [6, 6.07) is 13.3. The molecule has 0 radical (unpaired) electrons. The molecule has 0 fully saturated rings. The van der Waals surface area contributed by atoms with Gasteiger partial charge in [0.25, 0.3) is 0 Å². The van der Waals surface area contributed by atoms with Crippen LogP contribution in [-0.2, 0) is 20.9 Å². The van der Waals surface area contributed by atoms with Crippen molar-refractivity contribution in [2.45, 2.75) is 12.6 Å². The number of hydrogen-bond donors (Lipinski definition) is 1. The van der Waals surface area contributed by atoms with Crippen molar-refractivity contribution in [3.63, 3.8) is 0 Å². The van der Waals surface area contributed by atoms with Gasteiger partial charge in [0.05, 0.1) is 27.5 Å². The van der Waals surface area contributed by atoms with Crippen LogP contribution in [0.25, 0.3) is 11.3 Å². The number of carbonyl (C=O) groups is 2. The van der Waals surface area contributed by atoms with Gasteiger partial charge in [-0.05, 0) is 23.8 Å². The van der Waals surface area contributed by atoms with Gasteiger partial charge in [-0.25, -0.2) is 9.48 Å². The smallest absolute Gasteiger partial charge is 0.333 e. The maximum Gasteiger partial charge on any atom is 0.333 e. The number of benzene rings is 2. The quantitative estimate of drug-likeness (QED) is 0.566. The van der Waals surface area contributed by atoms with Crippen molar-refractivity contribution in [3.05, 3.63) is 60.3 Å². The second kappa shape index (κ2) is 9.55. The molecule has 1 atom stereocenters. The highest BCUT2D eigenvalue weighted by atomic mass is 16.5. The highest BCUT2D eigenvalue weighted by molar-refractivity contribution is 5.85. The van der Waals surface area contributed by atoms with Crippen molar-refractivity contribution in [3.8, 4) is 22.8 Å². The summed E-state index contributed by atoms with van der Waals surface area (Å²) < 4.78 is 16.7. The van der Waals surface area contributed by atoms with Crippen LogP contribution in [0.3, 0.4) is 0 Å². The minimum absolute atomic E-state index is 0.110. The molecule has 30 heavy (non-hydrogen) atoms. The first kappa shape index (κ1) is 20.8. The molecule has 1 aromatic heterocycles. The summed E-state index contributed by atoms with van der Waals surface area (Å²) >= 11 is 0. The molecule has 1 heterocycles. The fourth-order valence-corrected chi connectivity index (χ4v) is 2.90. The first-order valence-corrected chi connectivity index (χ1v) is 9.10. The van der Waals surface area contributed by atoms with Crippen LogP contribution in [0.2, 0.25) is 0 Å². The lowest BCUT2D eigenvalue weighted by Gasteiger charge is -2.16. The van der Waals surface area contributed by atoms with Crippen LogP contribution in [0, 0.1) is 0 Å². The predicted octanol–water partition coefficient (Wildman–Crippen LogP) is 1.99. The van der Waals surface area contributed by atoms with E-state index in [0.717, 1.165) is 5.56 Å². The van der Waals surface area contributed by atoms with Crippen molar-refractivity contribution in [2.75, 3.05) is 21.3 Å². The van der Waals surface area contributed by atoms with Crippen LogP contribution in [0.15, 0.2) is 54.7 Å². The van der Waals surface area contributed by atoms with Gasteiger partial charge in [0.15, 0.2) is 17.5 Å². The topological polar surface area (TPSA) is 105 Å². The SMILES string of the molecule is COC(=O)[C@@H](NC(=O)Cn1cc(-c2ccc(OC)c(OC)c2)nn1)c1ccccc1. The maximum absolute atomic E-state index is 12.5. The summed E-state index contributed by atoms with van der Waals surface area (Å²) in [5.74, 6) is 0.200. The van der Waals surface area contributed by atoms with Crippen LogP contribution < -0.4 is 14.8 Å². The minimum atomic E-state index is -0.905. The number of ether oxygens (including phenoxy) is 3.